The summed E-state index contributed by atoms with van der Waals surface area (Å²) in [6, 6.07) is 13.7. The Kier molecular flexibility index (Phi) is 7.08. The summed E-state index contributed by atoms with van der Waals surface area (Å²) in [7, 11) is -1.76. The van der Waals surface area contributed by atoms with Gasteiger partial charge < -0.3 is 19.7 Å². The van der Waals surface area contributed by atoms with E-state index in [9.17, 15) is 18.0 Å². The Morgan fingerprint density at radius 2 is 1.88 bits per heavy atom. The third kappa shape index (κ3) is 5.51. The average Bonchev–Trinajstić information content (AvgIpc) is 2.82. The van der Waals surface area contributed by atoms with E-state index in [1.807, 2.05) is 30.3 Å². The van der Waals surface area contributed by atoms with E-state index in [0.717, 1.165) is 5.69 Å². The maximum Gasteiger partial charge on any atom is 0.257 e. The lowest BCUT2D eigenvalue weighted by molar-refractivity contribution is -0.130. The fourth-order valence-corrected chi connectivity index (χ4v) is 4.91. The van der Waals surface area contributed by atoms with Crippen LogP contribution in [0.4, 0.5) is 11.4 Å². The normalized spacial score (nSPS) is 22.5. The van der Waals surface area contributed by atoms with Crippen LogP contribution in [0.15, 0.2) is 48.5 Å². The highest BCUT2D eigenvalue weighted by molar-refractivity contribution is 7.92. The molecule has 0 radical (unpaired) electrons. The van der Waals surface area contributed by atoms with Gasteiger partial charge in [-0.05, 0) is 50.1 Å². The first-order chi connectivity index (χ1) is 16.3. The largest absolute Gasteiger partial charge is 0.490 e. The van der Waals surface area contributed by atoms with Crippen LogP contribution in [-0.2, 0) is 19.6 Å². The van der Waals surface area contributed by atoms with Gasteiger partial charge in [0.05, 0.1) is 29.9 Å². The molecule has 3 atom stereocenters. The number of para-hydroxylation sites is 1. The smallest absolute Gasteiger partial charge is 0.257 e. The zero-order valence-corrected chi connectivity index (χ0v) is 20.0. The monoisotopic (exact) mass is 487 g/mol. The number of fused-ring (bicyclic) bond motifs is 2. The second-order valence-corrected chi connectivity index (χ2v) is 10.5. The van der Waals surface area contributed by atoms with Crippen LogP contribution in [0.25, 0.3) is 0 Å². The van der Waals surface area contributed by atoms with Crippen LogP contribution in [0.3, 0.4) is 0 Å². The summed E-state index contributed by atoms with van der Waals surface area (Å²) in [6.45, 7) is 1.76. The Bertz CT molecular complexity index is 1150. The number of nitrogens with zero attached hydrogens (tertiary/aromatic N) is 1. The topological polar surface area (TPSA) is 114 Å². The second-order valence-electron chi connectivity index (χ2n) is 8.50. The van der Waals surface area contributed by atoms with Crippen LogP contribution >= 0.6 is 0 Å². The van der Waals surface area contributed by atoms with Crippen LogP contribution in [0.2, 0.25) is 0 Å². The van der Waals surface area contributed by atoms with Gasteiger partial charge in [-0.1, -0.05) is 18.2 Å². The van der Waals surface area contributed by atoms with Crippen molar-refractivity contribution in [2.45, 2.75) is 44.4 Å². The Balaban J connectivity index is 1.45. The summed E-state index contributed by atoms with van der Waals surface area (Å²) in [5.41, 5.74) is 1.34. The zero-order chi connectivity index (χ0) is 24.3. The number of hydrogen-bond acceptors (Lipinski definition) is 6. The SMILES string of the molecule is CCS(=O)(=O)Nc1ccc2c(c1)C(=O)N(C)[C@H]1CC[C@@H](CC(=O)Nc3ccccc3)O[C@@H]1CO2. The van der Waals surface area contributed by atoms with Crippen molar-refractivity contribution in [1.82, 2.24) is 4.90 Å². The first-order valence-corrected chi connectivity index (χ1v) is 13.0. The number of amides is 2. The molecule has 0 bridgehead atoms. The van der Waals surface area contributed by atoms with Gasteiger partial charge in [0.1, 0.15) is 18.5 Å². The molecule has 182 valence electrons. The van der Waals surface area contributed by atoms with Gasteiger partial charge in [-0.15, -0.1) is 0 Å². The molecule has 2 N–H and O–H groups in total. The highest BCUT2D eigenvalue weighted by atomic mass is 32.2. The van der Waals surface area contributed by atoms with Gasteiger partial charge in [0, 0.05) is 18.4 Å². The Morgan fingerprint density at radius 1 is 1.12 bits per heavy atom. The van der Waals surface area contributed by atoms with Crippen LogP contribution < -0.4 is 14.8 Å². The van der Waals surface area contributed by atoms with E-state index in [0.29, 0.717) is 29.8 Å². The predicted molar refractivity (Wildman–Crippen MR) is 128 cm³/mol. The molecular weight excluding hydrogens is 458 g/mol. The number of hydrogen-bond donors (Lipinski definition) is 2. The molecule has 0 saturated carbocycles. The summed E-state index contributed by atoms with van der Waals surface area (Å²) < 4.78 is 38.4. The molecule has 0 aromatic heterocycles. The molecule has 2 aliphatic rings. The molecule has 10 heteroatoms. The van der Waals surface area contributed by atoms with Crippen molar-refractivity contribution < 1.29 is 27.5 Å². The Hall–Kier alpha value is -3.11. The van der Waals surface area contributed by atoms with E-state index < -0.39 is 10.0 Å². The standard InChI is InChI=1S/C24H29N3O6S/c1-3-34(30,31)26-17-9-12-21-19(13-17)24(29)27(2)20-11-10-18(33-22(20)15-32-21)14-23(28)25-16-7-5-4-6-8-16/h4-9,12-13,18,20,22,26H,3,10-11,14-15H2,1-2H3,(H,25,28)/t18-,20-,22+/m0/s1. The predicted octanol–water partition coefficient (Wildman–Crippen LogP) is 2.86. The number of rotatable bonds is 6. The van der Waals surface area contributed by atoms with Gasteiger partial charge >= 0.3 is 0 Å². The Morgan fingerprint density at radius 3 is 2.62 bits per heavy atom. The number of likely N-dealkylation sites (N-methyl/N-ethyl adjacent to an activating group) is 1. The molecular formula is C24H29N3O6S. The number of carbonyl (C=O) groups excluding carboxylic acids is 2. The molecule has 2 aromatic carbocycles. The van der Waals surface area contributed by atoms with E-state index in [1.54, 1.807) is 31.0 Å². The summed E-state index contributed by atoms with van der Waals surface area (Å²) in [4.78, 5) is 27.3. The fourth-order valence-electron chi connectivity index (χ4n) is 4.28. The third-order valence-corrected chi connectivity index (χ3v) is 7.44. The van der Waals surface area contributed by atoms with Crippen molar-refractivity contribution >= 4 is 33.2 Å². The van der Waals surface area contributed by atoms with Crippen molar-refractivity contribution in [3.05, 3.63) is 54.1 Å². The minimum atomic E-state index is -3.47. The van der Waals surface area contributed by atoms with Crippen LogP contribution in [0.1, 0.15) is 36.5 Å². The number of benzene rings is 2. The lowest BCUT2D eigenvalue weighted by atomic mass is 9.94. The molecule has 0 unspecified atom stereocenters. The van der Waals surface area contributed by atoms with Crippen LogP contribution in [0.5, 0.6) is 5.75 Å². The second kappa shape index (κ2) is 10.0. The number of sulfonamides is 1. The van der Waals surface area contributed by atoms with Crippen LogP contribution in [-0.4, -0.2) is 62.8 Å². The minimum absolute atomic E-state index is 0.0694. The van der Waals surface area contributed by atoms with Gasteiger partial charge in [0.2, 0.25) is 15.9 Å². The van der Waals surface area contributed by atoms with Gasteiger partial charge in [-0.3, -0.25) is 14.3 Å². The molecule has 2 amide bonds. The van der Waals surface area contributed by atoms with E-state index in [4.69, 9.17) is 9.47 Å². The maximum atomic E-state index is 13.2. The zero-order valence-electron chi connectivity index (χ0n) is 19.2. The van der Waals surface area contributed by atoms with Crippen molar-refractivity contribution in [3.8, 4) is 5.75 Å². The van der Waals surface area contributed by atoms with Crippen LogP contribution in [0, 0.1) is 0 Å². The Labute approximate surface area is 199 Å². The lowest BCUT2D eigenvalue weighted by Crippen LogP contribution is -2.53. The van der Waals surface area contributed by atoms with E-state index in [1.165, 1.54) is 6.07 Å². The van der Waals surface area contributed by atoms with Gasteiger partial charge in [0.15, 0.2) is 0 Å². The molecule has 4 rings (SSSR count). The summed E-state index contributed by atoms with van der Waals surface area (Å²) >= 11 is 0. The fraction of sp³-hybridized carbons (Fsp3) is 0.417. The first-order valence-electron chi connectivity index (χ1n) is 11.3. The average molecular weight is 488 g/mol. The third-order valence-electron chi connectivity index (χ3n) is 6.14. The highest BCUT2D eigenvalue weighted by Gasteiger charge is 2.39. The van der Waals surface area contributed by atoms with Gasteiger partial charge in [-0.25, -0.2) is 8.42 Å². The van der Waals surface area contributed by atoms with Crippen molar-refractivity contribution in [1.29, 1.82) is 0 Å². The first kappa shape index (κ1) is 24.0. The van der Waals surface area contributed by atoms with Gasteiger partial charge in [-0.2, -0.15) is 0 Å². The summed E-state index contributed by atoms with van der Waals surface area (Å²) in [6.07, 6.45) is 0.847. The minimum Gasteiger partial charge on any atom is -0.490 e. The van der Waals surface area contributed by atoms with E-state index in [2.05, 4.69) is 10.0 Å². The molecule has 0 spiro atoms. The van der Waals surface area contributed by atoms with E-state index >= 15 is 0 Å². The molecule has 2 aliphatic heterocycles. The maximum absolute atomic E-state index is 13.2. The summed E-state index contributed by atoms with van der Waals surface area (Å²) in [5.74, 6) is -0.105. The molecule has 0 aliphatic carbocycles. The lowest BCUT2D eigenvalue weighted by Gasteiger charge is -2.42. The number of nitrogens with one attached hydrogen (secondary N) is 2. The number of carbonyl (C=O) groups is 2. The van der Waals surface area contributed by atoms with Crippen molar-refractivity contribution in [3.63, 3.8) is 0 Å². The van der Waals surface area contributed by atoms with Crippen molar-refractivity contribution in [2.24, 2.45) is 0 Å². The molecule has 2 heterocycles. The number of ether oxygens (including phenoxy) is 2. The molecule has 9 nitrogen and oxygen atoms in total. The summed E-state index contributed by atoms with van der Waals surface area (Å²) in [5, 5.41) is 2.87. The molecule has 1 saturated heterocycles. The molecule has 1 fully saturated rings. The van der Waals surface area contributed by atoms with E-state index in [-0.39, 0.29) is 48.8 Å². The van der Waals surface area contributed by atoms with Gasteiger partial charge in [0.25, 0.3) is 5.91 Å². The molecule has 34 heavy (non-hydrogen) atoms. The quantitative estimate of drug-likeness (QED) is 0.648. The van der Waals surface area contributed by atoms with Crippen molar-refractivity contribution in [2.75, 3.05) is 29.4 Å². The number of anilines is 2. The highest BCUT2D eigenvalue weighted by Crippen LogP contribution is 2.32. The molecule has 2 aromatic rings.